The first-order valence-corrected chi connectivity index (χ1v) is 6.83. The Bertz CT molecular complexity index is 378. The standard InChI is InChI=1S/C11H17BrN2OS/c1-7(2)11(3,6-13)14-10(15)8-4-9(12)16-5-8/h4-5,7H,6,13H2,1-3H3,(H,14,15). The maximum Gasteiger partial charge on any atom is 0.252 e. The predicted molar refractivity (Wildman–Crippen MR) is 71.8 cm³/mol. The first-order chi connectivity index (χ1) is 7.39. The van der Waals surface area contributed by atoms with Gasteiger partial charge < -0.3 is 11.1 Å². The van der Waals surface area contributed by atoms with Crippen molar-refractivity contribution in [1.29, 1.82) is 0 Å². The number of amides is 1. The summed E-state index contributed by atoms with van der Waals surface area (Å²) in [6.07, 6.45) is 0. The average Bonchev–Trinajstić information content (AvgIpc) is 2.64. The van der Waals surface area contributed by atoms with E-state index in [2.05, 4.69) is 35.1 Å². The summed E-state index contributed by atoms with van der Waals surface area (Å²) in [4.78, 5) is 12.0. The summed E-state index contributed by atoms with van der Waals surface area (Å²) in [5.74, 6) is 0.229. The third-order valence-electron chi connectivity index (χ3n) is 2.93. The zero-order valence-corrected chi connectivity index (χ0v) is 12.1. The van der Waals surface area contributed by atoms with E-state index < -0.39 is 0 Å². The van der Waals surface area contributed by atoms with Crippen LogP contribution in [0, 0.1) is 5.92 Å². The van der Waals surface area contributed by atoms with E-state index in [4.69, 9.17) is 5.73 Å². The molecule has 0 fully saturated rings. The molecule has 90 valence electrons. The van der Waals surface area contributed by atoms with Crippen molar-refractivity contribution in [3.05, 3.63) is 20.8 Å². The quantitative estimate of drug-likeness (QED) is 0.898. The zero-order valence-electron chi connectivity index (χ0n) is 9.71. The number of rotatable bonds is 4. The van der Waals surface area contributed by atoms with Crippen molar-refractivity contribution >= 4 is 33.2 Å². The third-order valence-corrected chi connectivity index (χ3v) is 4.43. The Hall–Kier alpha value is -0.390. The predicted octanol–water partition coefficient (Wildman–Crippen LogP) is 2.61. The molecule has 0 saturated carbocycles. The van der Waals surface area contributed by atoms with Gasteiger partial charge in [-0.3, -0.25) is 4.79 Å². The molecule has 0 aliphatic carbocycles. The van der Waals surface area contributed by atoms with Gasteiger partial charge in [0.25, 0.3) is 5.91 Å². The molecule has 16 heavy (non-hydrogen) atoms. The molecule has 1 rings (SSSR count). The smallest absolute Gasteiger partial charge is 0.252 e. The van der Waals surface area contributed by atoms with Gasteiger partial charge in [-0.1, -0.05) is 13.8 Å². The molecule has 5 heteroatoms. The van der Waals surface area contributed by atoms with Gasteiger partial charge in [0.1, 0.15) is 0 Å². The van der Waals surface area contributed by atoms with Crippen LogP contribution in [0.5, 0.6) is 0 Å². The van der Waals surface area contributed by atoms with Crippen LogP contribution in [0.3, 0.4) is 0 Å². The Morgan fingerprint density at radius 1 is 1.69 bits per heavy atom. The van der Waals surface area contributed by atoms with Crippen molar-refractivity contribution in [2.75, 3.05) is 6.54 Å². The van der Waals surface area contributed by atoms with Crippen LogP contribution in [0.2, 0.25) is 0 Å². The summed E-state index contributed by atoms with van der Waals surface area (Å²) in [6, 6.07) is 1.82. The van der Waals surface area contributed by atoms with E-state index in [9.17, 15) is 4.79 Å². The molecule has 1 aromatic rings. The van der Waals surface area contributed by atoms with E-state index in [1.54, 1.807) is 0 Å². The molecular formula is C11H17BrN2OS. The van der Waals surface area contributed by atoms with E-state index in [0.29, 0.717) is 18.0 Å². The maximum absolute atomic E-state index is 12.0. The first kappa shape index (κ1) is 13.7. The Kier molecular flexibility index (Phi) is 4.52. The van der Waals surface area contributed by atoms with Gasteiger partial charge in [-0.05, 0) is 34.8 Å². The molecule has 1 heterocycles. The van der Waals surface area contributed by atoms with Gasteiger partial charge in [-0.2, -0.15) is 0 Å². The van der Waals surface area contributed by atoms with Crippen molar-refractivity contribution in [3.63, 3.8) is 0 Å². The fourth-order valence-electron chi connectivity index (χ4n) is 1.19. The Morgan fingerprint density at radius 3 is 2.69 bits per heavy atom. The molecule has 1 unspecified atom stereocenters. The van der Waals surface area contributed by atoms with Crippen LogP contribution in [0.4, 0.5) is 0 Å². The normalized spacial score (nSPS) is 14.9. The summed E-state index contributed by atoms with van der Waals surface area (Å²) in [5.41, 5.74) is 6.04. The molecule has 0 radical (unpaired) electrons. The minimum atomic E-state index is -0.356. The van der Waals surface area contributed by atoms with Crippen molar-refractivity contribution in [3.8, 4) is 0 Å². The van der Waals surface area contributed by atoms with Gasteiger partial charge in [0.15, 0.2) is 0 Å². The lowest BCUT2D eigenvalue weighted by Gasteiger charge is -2.33. The summed E-state index contributed by atoms with van der Waals surface area (Å²) in [7, 11) is 0. The minimum absolute atomic E-state index is 0.0661. The molecule has 1 amide bonds. The van der Waals surface area contributed by atoms with Gasteiger partial charge >= 0.3 is 0 Å². The topological polar surface area (TPSA) is 55.1 Å². The second-order valence-corrected chi connectivity index (χ2v) is 6.66. The van der Waals surface area contributed by atoms with Crippen molar-refractivity contribution in [2.45, 2.75) is 26.3 Å². The largest absolute Gasteiger partial charge is 0.345 e. The van der Waals surface area contributed by atoms with Crippen LogP contribution in [0.15, 0.2) is 15.2 Å². The van der Waals surface area contributed by atoms with E-state index >= 15 is 0 Å². The summed E-state index contributed by atoms with van der Waals surface area (Å²) < 4.78 is 0.955. The van der Waals surface area contributed by atoms with Gasteiger partial charge in [0.05, 0.1) is 14.9 Å². The summed E-state index contributed by atoms with van der Waals surface area (Å²) in [6.45, 7) is 6.51. The first-order valence-electron chi connectivity index (χ1n) is 5.15. The second-order valence-electron chi connectivity index (χ2n) is 4.37. The monoisotopic (exact) mass is 304 g/mol. The lowest BCUT2D eigenvalue weighted by Crippen LogP contribution is -2.54. The lowest BCUT2D eigenvalue weighted by molar-refractivity contribution is 0.0883. The molecule has 1 atom stereocenters. The Labute approximate surface area is 109 Å². The van der Waals surface area contributed by atoms with Gasteiger partial charge in [0.2, 0.25) is 0 Å². The molecule has 3 N–H and O–H groups in total. The highest BCUT2D eigenvalue weighted by Crippen LogP contribution is 2.22. The molecule has 0 bridgehead atoms. The van der Waals surface area contributed by atoms with E-state index in [1.807, 2.05) is 18.4 Å². The van der Waals surface area contributed by atoms with Gasteiger partial charge in [-0.25, -0.2) is 0 Å². The number of hydrogen-bond acceptors (Lipinski definition) is 3. The molecule has 0 saturated heterocycles. The van der Waals surface area contributed by atoms with Crippen LogP contribution in [0.1, 0.15) is 31.1 Å². The van der Waals surface area contributed by atoms with Crippen molar-refractivity contribution in [1.82, 2.24) is 5.32 Å². The summed E-state index contributed by atoms with van der Waals surface area (Å²) in [5, 5.41) is 4.82. The van der Waals surface area contributed by atoms with Crippen LogP contribution in [-0.4, -0.2) is 18.0 Å². The molecule has 1 aromatic heterocycles. The average molecular weight is 305 g/mol. The van der Waals surface area contributed by atoms with Crippen LogP contribution in [-0.2, 0) is 0 Å². The fraction of sp³-hybridized carbons (Fsp3) is 0.545. The van der Waals surface area contributed by atoms with Crippen molar-refractivity contribution in [2.24, 2.45) is 11.7 Å². The van der Waals surface area contributed by atoms with Gasteiger partial charge in [-0.15, -0.1) is 11.3 Å². The minimum Gasteiger partial charge on any atom is -0.345 e. The number of halogens is 1. The Balaban J connectivity index is 2.77. The number of nitrogens with one attached hydrogen (secondary N) is 1. The molecule has 0 aromatic carbocycles. The number of hydrogen-bond donors (Lipinski definition) is 2. The van der Waals surface area contributed by atoms with E-state index in [1.165, 1.54) is 11.3 Å². The summed E-state index contributed by atoms with van der Waals surface area (Å²) >= 11 is 4.84. The van der Waals surface area contributed by atoms with Crippen LogP contribution >= 0.6 is 27.3 Å². The molecule has 3 nitrogen and oxygen atoms in total. The lowest BCUT2D eigenvalue weighted by atomic mass is 9.88. The van der Waals surface area contributed by atoms with E-state index in [-0.39, 0.29) is 11.4 Å². The molecular weight excluding hydrogens is 288 g/mol. The molecule has 0 spiro atoms. The van der Waals surface area contributed by atoms with Crippen LogP contribution in [0.25, 0.3) is 0 Å². The fourth-order valence-corrected chi connectivity index (χ4v) is 2.33. The number of nitrogens with two attached hydrogens (primary N) is 1. The molecule has 0 aliphatic heterocycles. The third kappa shape index (κ3) is 3.06. The highest BCUT2D eigenvalue weighted by Gasteiger charge is 2.29. The second kappa shape index (κ2) is 5.29. The maximum atomic E-state index is 12.0. The van der Waals surface area contributed by atoms with Crippen molar-refractivity contribution < 1.29 is 4.79 Å². The van der Waals surface area contributed by atoms with Crippen LogP contribution < -0.4 is 11.1 Å². The highest BCUT2D eigenvalue weighted by molar-refractivity contribution is 9.11. The zero-order chi connectivity index (χ0) is 12.3. The van der Waals surface area contributed by atoms with Gasteiger partial charge in [0, 0.05) is 11.9 Å². The Morgan fingerprint density at radius 2 is 2.31 bits per heavy atom. The SMILES string of the molecule is CC(C)C(C)(CN)NC(=O)c1csc(Br)c1. The van der Waals surface area contributed by atoms with E-state index in [0.717, 1.165) is 3.79 Å². The number of carbonyl (C=O) groups is 1. The molecule has 0 aliphatic rings. The number of carbonyl (C=O) groups excluding carboxylic acids is 1. The number of thiophene rings is 1. The highest BCUT2D eigenvalue weighted by atomic mass is 79.9.